The molecule has 2 aromatic carbocycles. The molecule has 1 heterocycles. The second-order valence-corrected chi connectivity index (χ2v) is 7.56. The Labute approximate surface area is 168 Å². The van der Waals surface area contributed by atoms with Crippen molar-refractivity contribution in [3.05, 3.63) is 56.4 Å². The van der Waals surface area contributed by atoms with Crippen LogP contribution >= 0.6 is 39.3 Å². The van der Waals surface area contributed by atoms with Gasteiger partial charge in [0, 0.05) is 5.02 Å². The van der Waals surface area contributed by atoms with Crippen LogP contribution in [0.25, 0.3) is 6.08 Å². The Morgan fingerprint density at radius 1 is 1.35 bits per heavy atom. The third-order valence-corrected chi connectivity index (χ3v) is 5.12. The van der Waals surface area contributed by atoms with Gasteiger partial charge in [-0.3, -0.25) is 4.79 Å². The molecule has 0 bridgehead atoms. The quantitative estimate of drug-likeness (QED) is 0.632. The van der Waals surface area contributed by atoms with Gasteiger partial charge in [0.15, 0.2) is 16.7 Å². The second kappa shape index (κ2) is 8.16. The molecule has 0 unspecified atom stereocenters. The smallest absolute Gasteiger partial charge is 0.264 e. The summed E-state index contributed by atoms with van der Waals surface area (Å²) in [7, 11) is 0. The Bertz CT molecular complexity index is 913. The molecule has 2 N–H and O–H groups in total. The van der Waals surface area contributed by atoms with Crippen LogP contribution in [-0.2, 0) is 4.79 Å². The zero-order chi connectivity index (χ0) is 18.7. The van der Waals surface area contributed by atoms with Crippen molar-refractivity contribution >= 4 is 62.1 Å². The first-order valence-corrected chi connectivity index (χ1v) is 9.65. The number of carbonyl (C=O) groups excluding carboxylic acids is 1. The fourth-order valence-corrected chi connectivity index (χ4v) is 3.63. The van der Waals surface area contributed by atoms with E-state index in [0.29, 0.717) is 37.6 Å². The Morgan fingerprint density at radius 3 is 2.77 bits per heavy atom. The van der Waals surface area contributed by atoms with Crippen LogP contribution in [-0.4, -0.2) is 22.8 Å². The highest BCUT2D eigenvalue weighted by atomic mass is 79.9. The van der Waals surface area contributed by atoms with Crippen LogP contribution in [0, 0.1) is 0 Å². The van der Waals surface area contributed by atoms with E-state index in [2.05, 4.69) is 26.2 Å². The molecular formula is C18H14BrClN2O3S. The number of hydrogen-bond donors (Lipinski definition) is 2. The van der Waals surface area contributed by atoms with E-state index in [4.69, 9.17) is 16.3 Å². The summed E-state index contributed by atoms with van der Waals surface area (Å²) >= 11 is 10.4. The molecule has 3 rings (SSSR count). The van der Waals surface area contributed by atoms with E-state index < -0.39 is 0 Å². The summed E-state index contributed by atoms with van der Waals surface area (Å²) in [5.74, 6) is 0.152. The molecule has 26 heavy (non-hydrogen) atoms. The lowest BCUT2D eigenvalue weighted by atomic mass is 10.2. The fraction of sp³-hybridized carbons (Fsp3) is 0.111. The van der Waals surface area contributed by atoms with E-state index in [1.54, 1.807) is 42.5 Å². The lowest BCUT2D eigenvalue weighted by Gasteiger charge is -2.08. The Hall–Kier alpha value is -1.96. The number of halogens is 2. The van der Waals surface area contributed by atoms with Crippen LogP contribution in [0.1, 0.15) is 12.5 Å². The van der Waals surface area contributed by atoms with Gasteiger partial charge in [-0.05, 0) is 82.7 Å². The van der Waals surface area contributed by atoms with Gasteiger partial charge in [-0.2, -0.15) is 0 Å². The van der Waals surface area contributed by atoms with Crippen molar-refractivity contribution in [2.45, 2.75) is 6.92 Å². The molecule has 0 aromatic heterocycles. The SMILES string of the molecule is CCOc1cc(/C=C2\SC(=Nc3ccc(Cl)cc3)NC2=O)cc(Br)c1O. The fourth-order valence-electron chi connectivity index (χ4n) is 2.21. The summed E-state index contributed by atoms with van der Waals surface area (Å²) in [6.45, 7) is 2.26. The number of phenols is 1. The van der Waals surface area contributed by atoms with Gasteiger partial charge in [-0.25, -0.2) is 4.99 Å². The van der Waals surface area contributed by atoms with Crippen molar-refractivity contribution < 1.29 is 14.6 Å². The average Bonchev–Trinajstić information content (AvgIpc) is 2.94. The number of nitrogens with one attached hydrogen (secondary N) is 1. The number of aromatic hydroxyl groups is 1. The minimum atomic E-state index is -0.232. The second-order valence-electron chi connectivity index (χ2n) is 5.24. The molecule has 8 heteroatoms. The number of carbonyl (C=O) groups is 1. The molecule has 1 aliphatic rings. The number of ether oxygens (including phenoxy) is 1. The first-order chi connectivity index (χ1) is 12.5. The van der Waals surface area contributed by atoms with E-state index >= 15 is 0 Å². The summed E-state index contributed by atoms with van der Waals surface area (Å²) in [5, 5.41) is 13.8. The highest BCUT2D eigenvalue weighted by molar-refractivity contribution is 9.10. The molecule has 1 fully saturated rings. The molecule has 0 aliphatic carbocycles. The molecule has 134 valence electrons. The summed E-state index contributed by atoms with van der Waals surface area (Å²) in [5.41, 5.74) is 1.42. The summed E-state index contributed by atoms with van der Waals surface area (Å²) in [6.07, 6.45) is 1.72. The molecule has 0 radical (unpaired) electrons. The highest BCUT2D eigenvalue weighted by Gasteiger charge is 2.24. The van der Waals surface area contributed by atoms with E-state index in [0.717, 1.165) is 5.56 Å². The minimum Gasteiger partial charge on any atom is -0.503 e. The van der Waals surface area contributed by atoms with Crippen LogP contribution in [0.15, 0.2) is 50.8 Å². The lowest BCUT2D eigenvalue weighted by molar-refractivity contribution is -0.115. The van der Waals surface area contributed by atoms with Crippen LogP contribution < -0.4 is 10.1 Å². The van der Waals surface area contributed by atoms with Crippen molar-refractivity contribution in [1.29, 1.82) is 0 Å². The maximum absolute atomic E-state index is 12.2. The van der Waals surface area contributed by atoms with E-state index in [1.165, 1.54) is 11.8 Å². The van der Waals surface area contributed by atoms with Crippen molar-refractivity contribution in [3.8, 4) is 11.5 Å². The van der Waals surface area contributed by atoms with Crippen LogP contribution in [0.4, 0.5) is 5.69 Å². The average molecular weight is 454 g/mol. The number of amides is 1. The predicted molar refractivity (Wildman–Crippen MR) is 109 cm³/mol. The van der Waals surface area contributed by atoms with Gasteiger partial charge < -0.3 is 15.2 Å². The first kappa shape index (κ1) is 18.8. The van der Waals surface area contributed by atoms with Gasteiger partial charge >= 0.3 is 0 Å². The zero-order valence-corrected chi connectivity index (χ0v) is 16.8. The molecule has 1 amide bonds. The minimum absolute atomic E-state index is 0.0301. The largest absolute Gasteiger partial charge is 0.503 e. The van der Waals surface area contributed by atoms with Crippen LogP contribution in [0.5, 0.6) is 11.5 Å². The molecule has 5 nitrogen and oxygen atoms in total. The third kappa shape index (κ3) is 4.41. The third-order valence-electron chi connectivity index (χ3n) is 3.36. The predicted octanol–water partition coefficient (Wildman–Crippen LogP) is 5.10. The Balaban J connectivity index is 1.86. The molecule has 1 saturated heterocycles. The van der Waals surface area contributed by atoms with Gasteiger partial charge in [0.1, 0.15) is 0 Å². The maximum atomic E-state index is 12.2. The molecule has 0 spiro atoms. The van der Waals surface area contributed by atoms with Gasteiger partial charge in [0.2, 0.25) is 0 Å². The van der Waals surface area contributed by atoms with Gasteiger partial charge in [0.05, 0.1) is 21.7 Å². The number of thioether (sulfide) groups is 1. The van der Waals surface area contributed by atoms with E-state index in [-0.39, 0.29) is 11.7 Å². The van der Waals surface area contributed by atoms with E-state index in [9.17, 15) is 9.90 Å². The summed E-state index contributed by atoms with van der Waals surface area (Å²) in [6, 6.07) is 10.4. The Morgan fingerprint density at radius 2 is 2.08 bits per heavy atom. The summed E-state index contributed by atoms with van der Waals surface area (Å²) in [4.78, 5) is 17.1. The van der Waals surface area contributed by atoms with Crippen molar-refractivity contribution in [2.24, 2.45) is 4.99 Å². The monoisotopic (exact) mass is 452 g/mol. The number of aliphatic imine (C=N–C) groups is 1. The zero-order valence-electron chi connectivity index (χ0n) is 13.6. The summed E-state index contributed by atoms with van der Waals surface area (Å²) < 4.78 is 5.90. The van der Waals surface area contributed by atoms with Crippen molar-refractivity contribution in [1.82, 2.24) is 5.32 Å². The molecular weight excluding hydrogens is 440 g/mol. The van der Waals surface area contributed by atoms with Crippen LogP contribution in [0.3, 0.4) is 0 Å². The van der Waals surface area contributed by atoms with Gasteiger partial charge in [-0.15, -0.1) is 0 Å². The molecule has 0 atom stereocenters. The number of benzene rings is 2. The first-order valence-electron chi connectivity index (χ1n) is 7.66. The number of hydrogen-bond acceptors (Lipinski definition) is 5. The van der Waals surface area contributed by atoms with Gasteiger partial charge in [-0.1, -0.05) is 11.6 Å². The standard InChI is InChI=1S/C18H14BrClN2O3S/c1-2-25-14-8-10(7-13(19)16(14)23)9-15-17(24)22-18(26-15)21-12-5-3-11(20)4-6-12/h3-9,23H,2H2,1H3,(H,21,22,24)/b15-9-. The topological polar surface area (TPSA) is 70.9 Å². The number of amidine groups is 1. The number of rotatable bonds is 4. The number of phenolic OH excluding ortho intramolecular Hbond substituents is 1. The lowest BCUT2D eigenvalue weighted by Crippen LogP contribution is -2.19. The van der Waals surface area contributed by atoms with Crippen LogP contribution in [0.2, 0.25) is 5.02 Å². The maximum Gasteiger partial charge on any atom is 0.264 e. The Kier molecular flexibility index (Phi) is 5.90. The van der Waals surface area contributed by atoms with Crippen molar-refractivity contribution in [2.75, 3.05) is 6.61 Å². The molecule has 0 saturated carbocycles. The molecule has 2 aromatic rings. The number of nitrogens with zero attached hydrogens (tertiary/aromatic N) is 1. The molecule has 1 aliphatic heterocycles. The van der Waals surface area contributed by atoms with Crippen molar-refractivity contribution in [3.63, 3.8) is 0 Å². The van der Waals surface area contributed by atoms with E-state index in [1.807, 2.05) is 6.92 Å². The highest BCUT2D eigenvalue weighted by Crippen LogP contribution is 2.37. The van der Waals surface area contributed by atoms with Gasteiger partial charge in [0.25, 0.3) is 5.91 Å². The normalized spacial score (nSPS) is 17.0.